The third-order valence-corrected chi connectivity index (χ3v) is 6.12. The molecular formula is C22H30N2O5S. The molecule has 0 aliphatic rings. The molecule has 2 atom stereocenters. The number of aryl methyl sites for hydroxylation is 1. The zero-order chi connectivity index (χ0) is 22.5. The van der Waals surface area contributed by atoms with Gasteiger partial charge in [-0.05, 0) is 55.7 Å². The Labute approximate surface area is 179 Å². The van der Waals surface area contributed by atoms with Crippen LogP contribution >= 0.6 is 0 Å². The third-order valence-electron chi connectivity index (χ3n) is 4.88. The summed E-state index contributed by atoms with van der Waals surface area (Å²) >= 11 is 0. The Morgan fingerprint density at radius 2 is 1.77 bits per heavy atom. The summed E-state index contributed by atoms with van der Waals surface area (Å²) in [5.74, 6) is 0.773. The van der Waals surface area contributed by atoms with Gasteiger partial charge in [0, 0.05) is 0 Å². The monoisotopic (exact) mass is 434 g/mol. The van der Waals surface area contributed by atoms with Crippen LogP contribution in [0.25, 0.3) is 0 Å². The van der Waals surface area contributed by atoms with E-state index >= 15 is 0 Å². The summed E-state index contributed by atoms with van der Waals surface area (Å²) in [7, 11) is -0.560. The van der Waals surface area contributed by atoms with Crippen molar-refractivity contribution in [2.75, 3.05) is 24.8 Å². The van der Waals surface area contributed by atoms with Gasteiger partial charge in [0.05, 0.1) is 32.2 Å². The number of anilines is 1. The van der Waals surface area contributed by atoms with Crippen molar-refractivity contribution < 1.29 is 22.7 Å². The Balaban J connectivity index is 2.31. The summed E-state index contributed by atoms with van der Waals surface area (Å²) in [6, 6.07) is 11.3. The molecule has 0 aromatic heterocycles. The Morgan fingerprint density at radius 1 is 1.10 bits per heavy atom. The topological polar surface area (TPSA) is 84.9 Å². The van der Waals surface area contributed by atoms with Crippen LogP contribution in [0.3, 0.4) is 0 Å². The van der Waals surface area contributed by atoms with Crippen LogP contribution in [-0.2, 0) is 14.8 Å². The Morgan fingerprint density at radius 3 is 2.30 bits per heavy atom. The lowest BCUT2D eigenvalue weighted by Gasteiger charge is -2.30. The molecule has 2 rings (SSSR count). The fraction of sp³-hybridized carbons (Fsp3) is 0.409. The minimum atomic E-state index is -3.67. The first-order valence-corrected chi connectivity index (χ1v) is 11.6. The molecule has 0 spiro atoms. The predicted molar refractivity (Wildman–Crippen MR) is 119 cm³/mol. The van der Waals surface area contributed by atoms with Crippen LogP contribution in [0.15, 0.2) is 42.5 Å². The highest BCUT2D eigenvalue weighted by atomic mass is 32.2. The van der Waals surface area contributed by atoms with Crippen LogP contribution in [0.2, 0.25) is 0 Å². The van der Waals surface area contributed by atoms with Gasteiger partial charge in [-0.1, -0.05) is 25.1 Å². The quantitative estimate of drug-likeness (QED) is 0.654. The average Bonchev–Trinajstić information content (AvgIpc) is 2.70. The van der Waals surface area contributed by atoms with Gasteiger partial charge in [0.25, 0.3) is 0 Å². The molecule has 0 unspecified atom stereocenters. The second-order valence-electron chi connectivity index (χ2n) is 7.16. The molecule has 2 aromatic carbocycles. The molecule has 0 bridgehead atoms. The van der Waals surface area contributed by atoms with Gasteiger partial charge < -0.3 is 14.8 Å². The van der Waals surface area contributed by atoms with Crippen molar-refractivity contribution in [3.63, 3.8) is 0 Å². The van der Waals surface area contributed by atoms with E-state index in [9.17, 15) is 13.2 Å². The van der Waals surface area contributed by atoms with E-state index in [2.05, 4.69) is 5.32 Å². The molecule has 1 N–H and O–H groups in total. The van der Waals surface area contributed by atoms with Gasteiger partial charge in [-0.3, -0.25) is 9.10 Å². The molecule has 0 heterocycles. The van der Waals surface area contributed by atoms with Crippen molar-refractivity contribution in [3.05, 3.63) is 53.6 Å². The molecule has 7 nitrogen and oxygen atoms in total. The molecule has 0 radical (unpaired) electrons. The van der Waals surface area contributed by atoms with Crippen molar-refractivity contribution >= 4 is 21.6 Å². The molecule has 0 saturated heterocycles. The van der Waals surface area contributed by atoms with Crippen LogP contribution in [0, 0.1) is 6.92 Å². The highest BCUT2D eigenvalue weighted by Crippen LogP contribution is 2.31. The first-order valence-electron chi connectivity index (χ1n) is 9.70. The number of rotatable bonds is 9. The molecule has 0 aliphatic heterocycles. The zero-order valence-electron chi connectivity index (χ0n) is 18.3. The molecule has 2 aromatic rings. The smallest absolute Gasteiger partial charge is 0.244 e. The zero-order valence-corrected chi connectivity index (χ0v) is 19.1. The van der Waals surface area contributed by atoms with E-state index in [0.717, 1.165) is 21.7 Å². The van der Waals surface area contributed by atoms with Crippen molar-refractivity contribution in [1.82, 2.24) is 5.32 Å². The van der Waals surface area contributed by atoms with E-state index in [1.807, 2.05) is 32.0 Å². The number of carbonyl (C=O) groups excluding carboxylic acids is 1. The number of benzene rings is 2. The van der Waals surface area contributed by atoms with Crippen LogP contribution in [0.5, 0.6) is 11.5 Å². The lowest BCUT2D eigenvalue weighted by molar-refractivity contribution is -0.122. The molecule has 0 aliphatic carbocycles. The highest BCUT2D eigenvalue weighted by Gasteiger charge is 2.30. The third kappa shape index (κ3) is 5.44. The summed E-state index contributed by atoms with van der Waals surface area (Å²) in [5, 5.41) is 2.97. The first kappa shape index (κ1) is 23.5. The van der Waals surface area contributed by atoms with Gasteiger partial charge in [0.1, 0.15) is 6.04 Å². The predicted octanol–water partition coefficient (Wildman–Crippen LogP) is 3.43. The lowest BCUT2D eigenvalue weighted by atomic mass is 10.0. The second kappa shape index (κ2) is 9.84. The molecule has 0 saturated carbocycles. The molecular weight excluding hydrogens is 404 g/mol. The SMILES string of the molecule is CC[C@@H](NC(=O)[C@H](C)N(c1cccc(C)c1)S(C)(=O)=O)c1ccc(OC)c(OC)c1. The summed E-state index contributed by atoms with van der Waals surface area (Å²) in [5.41, 5.74) is 2.21. The normalized spacial score (nSPS) is 13.3. The largest absolute Gasteiger partial charge is 0.493 e. The Kier molecular flexibility index (Phi) is 7.72. The number of hydrogen-bond acceptors (Lipinski definition) is 5. The average molecular weight is 435 g/mol. The summed E-state index contributed by atoms with van der Waals surface area (Å²) < 4.78 is 36.7. The maximum absolute atomic E-state index is 13.0. The van der Waals surface area contributed by atoms with E-state index in [4.69, 9.17) is 9.47 Å². The Bertz CT molecular complexity index is 991. The van der Waals surface area contributed by atoms with Gasteiger partial charge in [0.2, 0.25) is 15.9 Å². The number of ether oxygens (including phenoxy) is 2. The maximum atomic E-state index is 13.0. The van der Waals surface area contributed by atoms with Gasteiger partial charge in [-0.25, -0.2) is 8.42 Å². The maximum Gasteiger partial charge on any atom is 0.244 e. The summed E-state index contributed by atoms with van der Waals surface area (Å²) in [6.07, 6.45) is 1.72. The number of sulfonamides is 1. The van der Waals surface area contributed by atoms with Gasteiger partial charge in [0.15, 0.2) is 11.5 Å². The molecule has 0 fully saturated rings. The Hall–Kier alpha value is -2.74. The number of nitrogens with zero attached hydrogens (tertiary/aromatic N) is 1. The second-order valence-corrected chi connectivity index (χ2v) is 9.02. The molecule has 164 valence electrons. The van der Waals surface area contributed by atoms with E-state index < -0.39 is 16.1 Å². The standard InChI is InChI=1S/C22H30N2O5S/c1-7-19(17-11-12-20(28-4)21(14-17)29-5)23-22(25)16(3)24(30(6,26)27)18-10-8-9-15(2)13-18/h8-14,16,19H,7H2,1-6H3,(H,23,25)/t16-,19+/m0/s1. The van der Waals surface area contributed by atoms with E-state index in [0.29, 0.717) is 23.6 Å². The highest BCUT2D eigenvalue weighted by molar-refractivity contribution is 7.92. The molecule has 1 amide bonds. The summed E-state index contributed by atoms with van der Waals surface area (Å²) in [6.45, 7) is 5.40. The minimum absolute atomic E-state index is 0.307. The van der Waals surface area contributed by atoms with E-state index in [1.165, 1.54) is 0 Å². The van der Waals surface area contributed by atoms with Crippen molar-refractivity contribution in [1.29, 1.82) is 0 Å². The number of hydrogen-bond donors (Lipinski definition) is 1. The first-order chi connectivity index (χ1) is 14.1. The van der Waals surface area contributed by atoms with Crippen LogP contribution in [0.1, 0.15) is 37.4 Å². The van der Waals surface area contributed by atoms with Gasteiger partial charge in [-0.15, -0.1) is 0 Å². The number of carbonyl (C=O) groups is 1. The lowest BCUT2D eigenvalue weighted by Crippen LogP contribution is -2.48. The minimum Gasteiger partial charge on any atom is -0.493 e. The van der Waals surface area contributed by atoms with Crippen LogP contribution in [0.4, 0.5) is 5.69 Å². The van der Waals surface area contributed by atoms with Crippen LogP contribution in [-0.4, -0.2) is 40.8 Å². The number of nitrogens with one attached hydrogen (secondary N) is 1. The van der Waals surface area contributed by atoms with Crippen molar-refractivity contribution in [3.8, 4) is 11.5 Å². The summed E-state index contributed by atoms with van der Waals surface area (Å²) in [4.78, 5) is 13.0. The molecule has 30 heavy (non-hydrogen) atoms. The number of amides is 1. The van der Waals surface area contributed by atoms with Crippen molar-refractivity contribution in [2.45, 2.75) is 39.3 Å². The van der Waals surface area contributed by atoms with E-state index in [-0.39, 0.29) is 11.9 Å². The number of methoxy groups -OCH3 is 2. The molecule has 8 heteroatoms. The fourth-order valence-electron chi connectivity index (χ4n) is 3.36. The van der Waals surface area contributed by atoms with E-state index in [1.54, 1.807) is 45.4 Å². The van der Waals surface area contributed by atoms with Gasteiger partial charge >= 0.3 is 0 Å². The van der Waals surface area contributed by atoms with Crippen molar-refractivity contribution in [2.24, 2.45) is 0 Å². The van der Waals surface area contributed by atoms with Gasteiger partial charge in [-0.2, -0.15) is 0 Å². The van der Waals surface area contributed by atoms with Crippen LogP contribution < -0.4 is 19.1 Å². The fourth-order valence-corrected chi connectivity index (χ4v) is 4.52.